The molecule has 2 aromatic rings. The van der Waals surface area contributed by atoms with E-state index in [1.54, 1.807) is 11.3 Å². The topological polar surface area (TPSA) is 67.1 Å². The highest BCUT2D eigenvalue weighted by atomic mass is 32.1. The fourth-order valence-corrected chi connectivity index (χ4v) is 3.21. The normalized spacial score (nSPS) is 24.1. The third-order valence-electron chi connectivity index (χ3n) is 3.36. The van der Waals surface area contributed by atoms with Crippen LogP contribution in [0.15, 0.2) is 17.8 Å². The van der Waals surface area contributed by atoms with E-state index in [0.29, 0.717) is 19.5 Å². The van der Waals surface area contributed by atoms with E-state index in [4.69, 9.17) is 4.74 Å². The van der Waals surface area contributed by atoms with Crippen LogP contribution < -0.4 is 0 Å². The predicted molar refractivity (Wildman–Crippen MR) is 69.9 cm³/mol. The van der Waals surface area contributed by atoms with Crippen molar-refractivity contribution in [2.45, 2.75) is 25.1 Å². The van der Waals surface area contributed by atoms with Crippen LogP contribution in [0, 0.1) is 0 Å². The largest absolute Gasteiger partial charge is 0.468 e. The van der Waals surface area contributed by atoms with Crippen LogP contribution >= 0.6 is 11.3 Å². The number of nitrogens with zero attached hydrogens (tertiary/aromatic N) is 3. The predicted octanol–water partition coefficient (Wildman–Crippen LogP) is 0.504. The Morgan fingerprint density at radius 1 is 1.68 bits per heavy atom. The summed E-state index contributed by atoms with van der Waals surface area (Å²) in [5.74, 6) is -0.294. The number of aromatic nitrogens is 2. The van der Waals surface area contributed by atoms with Crippen LogP contribution in [0.5, 0.6) is 0 Å². The Balaban J connectivity index is 1.77. The highest BCUT2D eigenvalue weighted by Crippen LogP contribution is 2.22. The number of hydrogen-bond donors (Lipinski definition) is 1. The number of methoxy groups -OCH3 is 1. The van der Waals surface area contributed by atoms with E-state index in [1.165, 1.54) is 7.11 Å². The molecule has 0 aromatic carbocycles. The van der Waals surface area contributed by atoms with Gasteiger partial charge in [0.2, 0.25) is 0 Å². The number of rotatable bonds is 3. The Morgan fingerprint density at radius 2 is 2.53 bits per heavy atom. The molecule has 1 saturated heterocycles. The summed E-state index contributed by atoms with van der Waals surface area (Å²) in [6.45, 7) is 1.02. The Hall–Kier alpha value is -1.44. The van der Waals surface area contributed by atoms with Gasteiger partial charge in [0.1, 0.15) is 6.04 Å². The van der Waals surface area contributed by atoms with Gasteiger partial charge in [-0.25, -0.2) is 4.98 Å². The lowest BCUT2D eigenvalue weighted by Gasteiger charge is -2.20. The molecule has 102 valence electrons. The van der Waals surface area contributed by atoms with E-state index in [9.17, 15) is 9.90 Å². The fourth-order valence-electron chi connectivity index (χ4n) is 2.50. The molecule has 6 nitrogen and oxygen atoms in total. The standard InChI is InChI=1S/C12H15N3O3S/c1-18-11(17)10-4-9(16)7-15(10)6-8-5-14-2-3-19-12(14)13-8/h2-3,5,9-10,16H,4,6-7H2,1H3. The molecule has 2 atom stereocenters. The number of likely N-dealkylation sites (tertiary alicyclic amines) is 1. The van der Waals surface area contributed by atoms with Gasteiger partial charge in [-0.15, -0.1) is 11.3 Å². The van der Waals surface area contributed by atoms with Gasteiger partial charge in [-0.1, -0.05) is 0 Å². The number of ether oxygens (including phenoxy) is 1. The van der Waals surface area contributed by atoms with Gasteiger partial charge in [0.05, 0.1) is 18.9 Å². The molecule has 1 aliphatic heterocycles. The first-order valence-electron chi connectivity index (χ1n) is 6.08. The van der Waals surface area contributed by atoms with Crippen LogP contribution in [0.25, 0.3) is 4.96 Å². The lowest BCUT2D eigenvalue weighted by atomic mass is 10.2. The van der Waals surface area contributed by atoms with Crippen molar-refractivity contribution >= 4 is 22.3 Å². The first kappa shape index (κ1) is 12.6. The number of aliphatic hydroxyl groups is 1. The van der Waals surface area contributed by atoms with E-state index in [1.807, 2.05) is 27.1 Å². The molecule has 3 heterocycles. The maximum atomic E-state index is 11.7. The van der Waals surface area contributed by atoms with Gasteiger partial charge < -0.3 is 9.84 Å². The van der Waals surface area contributed by atoms with Gasteiger partial charge in [-0.05, 0) is 0 Å². The summed E-state index contributed by atoms with van der Waals surface area (Å²) >= 11 is 1.57. The lowest BCUT2D eigenvalue weighted by Crippen LogP contribution is -2.36. The SMILES string of the molecule is COC(=O)C1CC(O)CN1Cc1cn2ccsc2n1. The summed E-state index contributed by atoms with van der Waals surface area (Å²) in [5, 5.41) is 11.7. The number of fused-ring (bicyclic) bond motifs is 1. The Kier molecular flexibility index (Phi) is 3.26. The zero-order chi connectivity index (χ0) is 13.4. The maximum Gasteiger partial charge on any atom is 0.323 e. The van der Waals surface area contributed by atoms with Crippen molar-refractivity contribution in [3.63, 3.8) is 0 Å². The zero-order valence-corrected chi connectivity index (χ0v) is 11.3. The van der Waals surface area contributed by atoms with E-state index >= 15 is 0 Å². The first-order valence-corrected chi connectivity index (χ1v) is 6.96. The molecule has 7 heteroatoms. The smallest absolute Gasteiger partial charge is 0.323 e. The molecule has 0 saturated carbocycles. The number of esters is 1. The van der Waals surface area contributed by atoms with Crippen LogP contribution in [-0.4, -0.2) is 51.2 Å². The van der Waals surface area contributed by atoms with Crippen molar-refractivity contribution in [1.82, 2.24) is 14.3 Å². The molecule has 0 amide bonds. The minimum absolute atomic E-state index is 0.294. The van der Waals surface area contributed by atoms with Crippen molar-refractivity contribution in [3.05, 3.63) is 23.5 Å². The van der Waals surface area contributed by atoms with Crippen LogP contribution in [0.2, 0.25) is 0 Å². The molecule has 1 fully saturated rings. The Labute approximate surface area is 114 Å². The maximum absolute atomic E-state index is 11.7. The molecule has 1 N–H and O–H groups in total. The van der Waals surface area contributed by atoms with E-state index in [2.05, 4.69) is 4.98 Å². The molecule has 2 aromatic heterocycles. The van der Waals surface area contributed by atoms with Crippen LogP contribution in [0.1, 0.15) is 12.1 Å². The average molecular weight is 281 g/mol. The molecule has 19 heavy (non-hydrogen) atoms. The molecular weight excluding hydrogens is 266 g/mol. The quantitative estimate of drug-likeness (QED) is 0.830. The first-order chi connectivity index (χ1) is 9.17. The summed E-state index contributed by atoms with van der Waals surface area (Å²) < 4.78 is 6.74. The van der Waals surface area contributed by atoms with Gasteiger partial charge in [0.15, 0.2) is 4.96 Å². The second-order valence-electron chi connectivity index (χ2n) is 4.68. The highest BCUT2D eigenvalue weighted by molar-refractivity contribution is 7.15. The third kappa shape index (κ3) is 2.36. The third-order valence-corrected chi connectivity index (χ3v) is 4.13. The van der Waals surface area contributed by atoms with Crippen LogP contribution in [0.4, 0.5) is 0 Å². The Morgan fingerprint density at radius 3 is 3.26 bits per heavy atom. The number of aliphatic hydroxyl groups excluding tert-OH is 1. The zero-order valence-electron chi connectivity index (χ0n) is 10.5. The molecule has 0 radical (unpaired) electrons. The second-order valence-corrected chi connectivity index (χ2v) is 5.56. The molecule has 0 spiro atoms. The number of carbonyl (C=O) groups is 1. The minimum atomic E-state index is -0.479. The van der Waals surface area contributed by atoms with E-state index in [0.717, 1.165) is 10.7 Å². The molecule has 0 bridgehead atoms. The number of imidazole rings is 1. The number of carbonyl (C=O) groups excluding carboxylic acids is 1. The lowest BCUT2D eigenvalue weighted by molar-refractivity contribution is -0.146. The van der Waals surface area contributed by atoms with Crippen molar-refractivity contribution < 1.29 is 14.6 Å². The highest BCUT2D eigenvalue weighted by Gasteiger charge is 2.36. The average Bonchev–Trinajstić information content (AvgIpc) is 3.03. The fraction of sp³-hybridized carbons (Fsp3) is 0.500. The van der Waals surface area contributed by atoms with Gasteiger partial charge in [0.25, 0.3) is 0 Å². The van der Waals surface area contributed by atoms with E-state index in [-0.39, 0.29) is 12.0 Å². The summed E-state index contributed by atoms with van der Waals surface area (Å²) in [4.78, 5) is 19.0. The molecule has 0 aliphatic carbocycles. The monoisotopic (exact) mass is 281 g/mol. The van der Waals surface area contributed by atoms with Crippen LogP contribution in [0.3, 0.4) is 0 Å². The molecule has 1 aliphatic rings. The van der Waals surface area contributed by atoms with Gasteiger partial charge >= 0.3 is 5.97 Å². The van der Waals surface area contributed by atoms with Crippen molar-refractivity contribution in [3.8, 4) is 0 Å². The van der Waals surface area contributed by atoms with Gasteiger partial charge in [-0.3, -0.25) is 14.1 Å². The second kappa shape index (κ2) is 4.92. The molecular formula is C12H15N3O3S. The summed E-state index contributed by atoms with van der Waals surface area (Å²) in [6, 6.07) is -0.375. The molecule has 2 unspecified atom stereocenters. The van der Waals surface area contributed by atoms with Gasteiger partial charge in [-0.2, -0.15) is 0 Å². The minimum Gasteiger partial charge on any atom is -0.468 e. The van der Waals surface area contributed by atoms with Crippen LogP contribution in [-0.2, 0) is 16.1 Å². The summed E-state index contributed by atoms with van der Waals surface area (Å²) in [6.07, 6.45) is 3.85. The molecule has 3 rings (SSSR count). The Bertz CT molecular complexity index is 565. The summed E-state index contributed by atoms with van der Waals surface area (Å²) in [7, 11) is 1.37. The van der Waals surface area contributed by atoms with Crippen molar-refractivity contribution in [1.29, 1.82) is 0 Å². The van der Waals surface area contributed by atoms with Crippen molar-refractivity contribution in [2.75, 3.05) is 13.7 Å². The number of β-amino-alcohol motifs (C(OH)–C–C–N with tert-alkyl or cyclic N) is 1. The number of hydrogen-bond acceptors (Lipinski definition) is 6. The summed E-state index contributed by atoms with van der Waals surface area (Å²) in [5.41, 5.74) is 0.898. The van der Waals surface area contributed by atoms with E-state index < -0.39 is 6.10 Å². The number of thiazole rings is 1. The van der Waals surface area contributed by atoms with Crippen molar-refractivity contribution in [2.24, 2.45) is 0 Å². The van der Waals surface area contributed by atoms with Gasteiger partial charge in [0, 0.05) is 37.3 Å².